The Hall–Kier alpha value is -3.03. The zero-order valence-electron chi connectivity index (χ0n) is 18.0. The van der Waals surface area contributed by atoms with E-state index >= 15 is 0 Å². The zero-order chi connectivity index (χ0) is 22.5. The number of anilines is 1. The van der Waals surface area contributed by atoms with Gasteiger partial charge in [-0.05, 0) is 29.8 Å². The highest BCUT2D eigenvalue weighted by Crippen LogP contribution is 2.21. The minimum absolute atomic E-state index is 0.184. The van der Waals surface area contributed by atoms with Crippen LogP contribution in [0.5, 0.6) is 0 Å². The van der Waals surface area contributed by atoms with Crippen LogP contribution in [0, 0.1) is 0 Å². The number of amides is 1. The van der Waals surface area contributed by atoms with Gasteiger partial charge in [0.2, 0.25) is 5.91 Å². The molecule has 0 bridgehead atoms. The number of carbonyl (C=O) groups excluding carboxylic acids is 2. The predicted octanol–water partition coefficient (Wildman–Crippen LogP) is 2.84. The predicted molar refractivity (Wildman–Crippen MR) is 126 cm³/mol. The van der Waals surface area contributed by atoms with Gasteiger partial charge in [-0.15, -0.1) is 0 Å². The molecule has 4 rings (SSSR count). The van der Waals surface area contributed by atoms with Crippen molar-refractivity contribution < 1.29 is 14.3 Å². The Balaban J connectivity index is 1.33. The number of ether oxygens (including phenoxy) is 1. The molecule has 1 aliphatic rings. The smallest absolute Gasteiger partial charge is 0.328 e. The summed E-state index contributed by atoms with van der Waals surface area (Å²) in [4.78, 5) is 32.6. The second kappa shape index (κ2) is 10.1. The van der Waals surface area contributed by atoms with Gasteiger partial charge in [-0.3, -0.25) is 9.69 Å². The molecule has 0 radical (unpaired) electrons. The third kappa shape index (κ3) is 5.23. The summed E-state index contributed by atoms with van der Waals surface area (Å²) >= 11 is 6.10. The maximum absolute atomic E-state index is 12.7. The van der Waals surface area contributed by atoms with Crippen molar-refractivity contribution in [2.24, 2.45) is 0 Å². The maximum atomic E-state index is 12.7. The largest absolute Gasteiger partial charge is 0.467 e. The Labute approximate surface area is 192 Å². The number of H-pyrrole nitrogens is 1. The number of hydrogen-bond donors (Lipinski definition) is 2. The number of carbonyl (C=O) groups is 2. The molecule has 1 amide bonds. The normalized spacial score (nSPS) is 15.5. The van der Waals surface area contributed by atoms with E-state index in [1.807, 2.05) is 54.7 Å². The van der Waals surface area contributed by atoms with Crippen LogP contribution in [0.2, 0.25) is 5.02 Å². The number of para-hydroxylation sites is 1. The Kier molecular flexibility index (Phi) is 6.97. The van der Waals surface area contributed by atoms with Crippen molar-refractivity contribution >= 4 is 40.1 Å². The number of fused-ring (bicyclic) bond motifs is 1. The molecule has 0 aliphatic carbocycles. The minimum Gasteiger partial charge on any atom is -0.467 e. The molecule has 1 saturated heterocycles. The van der Waals surface area contributed by atoms with Crippen LogP contribution in [0.3, 0.4) is 0 Å². The van der Waals surface area contributed by atoms with Crippen molar-refractivity contribution in [3.63, 3.8) is 0 Å². The SMILES string of the molecule is COC(=O)C(Cc1c[nH]c2ccccc12)NC(=O)CN1CCN(c2cccc(Cl)c2)CC1. The van der Waals surface area contributed by atoms with E-state index in [0.717, 1.165) is 48.3 Å². The Morgan fingerprint density at radius 2 is 1.91 bits per heavy atom. The first kappa shape index (κ1) is 22.2. The highest BCUT2D eigenvalue weighted by molar-refractivity contribution is 6.30. The number of rotatable bonds is 7. The van der Waals surface area contributed by atoms with E-state index in [2.05, 4.69) is 20.1 Å². The first-order chi connectivity index (χ1) is 15.5. The van der Waals surface area contributed by atoms with Crippen LogP contribution in [0.15, 0.2) is 54.7 Å². The molecule has 0 spiro atoms. The third-order valence-corrected chi connectivity index (χ3v) is 6.07. The Morgan fingerprint density at radius 3 is 2.66 bits per heavy atom. The highest BCUT2D eigenvalue weighted by Gasteiger charge is 2.25. The number of esters is 1. The monoisotopic (exact) mass is 454 g/mol. The lowest BCUT2D eigenvalue weighted by Crippen LogP contribution is -2.52. The lowest BCUT2D eigenvalue weighted by molar-refractivity contribution is -0.145. The van der Waals surface area contributed by atoms with Crippen molar-refractivity contribution in [2.45, 2.75) is 12.5 Å². The fourth-order valence-corrected chi connectivity index (χ4v) is 4.32. The molecule has 1 atom stereocenters. The molecule has 1 aliphatic heterocycles. The molecule has 1 aromatic heterocycles. The lowest BCUT2D eigenvalue weighted by Gasteiger charge is -2.36. The van der Waals surface area contributed by atoms with Gasteiger partial charge in [0.15, 0.2) is 0 Å². The summed E-state index contributed by atoms with van der Waals surface area (Å²) in [6, 6.07) is 14.9. The zero-order valence-corrected chi connectivity index (χ0v) is 18.8. The van der Waals surface area contributed by atoms with Crippen molar-refractivity contribution in [2.75, 3.05) is 44.7 Å². The summed E-state index contributed by atoms with van der Waals surface area (Å²) in [6.07, 6.45) is 2.24. The molecule has 8 heteroatoms. The third-order valence-electron chi connectivity index (χ3n) is 5.83. The van der Waals surface area contributed by atoms with Gasteiger partial charge in [0, 0.05) is 60.4 Å². The fourth-order valence-electron chi connectivity index (χ4n) is 4.14. The topological polar surface area (TPSA) is 77.7 Å². The second-order valence-electron chi connectivity index (χ2n) is 7.95. The molecule has 7 nitrogen and oxygen atoms in total. The molecule has 2 heterocycles. The van der Waals surface area contributed by atoms with Gasteiger partial charge in [-0.2, -0.15) is 0 Å². The van der Waals surface area contributed by atoms with Gasteiger partial charge < -0.3 is 19.9 Å². The molecular formula is C24H27ClN4O3. The molecule has 2 N–H and O–H groups in total. The number of aromatic amines is 1. The Morgan fingerprint density at radius 1 is 1.12 bits per heavy atom. The number of nitrogens with zero attached hydrogens (tertiary/aromatic N) is 2. The first-order valence-corrected chi connectivity index (χ1v) is 11.1. The second-order valence-corrected chi connectivity index (χ2v) is 8.39. The average Bonchev–Trinajstić information content (AvgIpc) is 3.21. The van der Waals surface area contributed by atoms with Gasteiger partial charge in [0.25, 0.3) is 0 Å². The summed E-state index contributed by atoms with van der Waals surface area (Å²) in [5.41, 5.74) is 3.05. The molecule has 1 unspecified atom stereocenters. The molecule has 2 aromatic carbocycles. The Bertz CT molecular complexity index is 1090. The van der Waals surface area contributed by atoms with Crippen molar-refractivity contribution in [1.82, 2.24) is 15.2 Å². The standard InChI is InChI=1S/C24H27ClN4O3/c1-32-24(31)22(13-17-15-26-21-8-3-2-7-20(17)21)27-23(30)16-28-9-11-29(12-10-28)19-6-4-5-18(25)14-19/h2-8,14-15,22,26H,9-13,16H2,1H3,(H,27,30). The first-order valence-electron chi connectivity index (χ1n) is 10.7. The number of methoxy groups -OCH3 is 1. The van der Waals surface area contributed by atoms with Gasteiger partial charge >= 0.3 is 5.97 Å². The van der Waals surface area contributed by atoms with Crippen molar-refractivity contribution in [1.29, 1.82) is 0 Å². The van der Waals surface area contributed by atoms with E-state index in [1.165, 1.54) is 7.11 Å². The van der Waals surface area contributed by atoms with Crippen LogP contribution in [0.4, 0.5) is 5.69 Å². The quantitative estimate of drug-likeness (QED) is 0.537. The number of aromatic nitrogens is 1. The van der Waals surface area contributed by atoms with Crippen molar-refractivity contribution in [3.8, 4) is 0 Å². The van der Waals surface area contributed by atoms with Crippen LogP contribution < -0.4 is 10.2 Å². The van der Waals surface area contributed by atoms with Crippen molar-refractivity contribution in [3.05, 3.63) is 65.3 Å². The minimum atomic E-state index is -0.737. The highest BCUT2D eigenvalue weighted by atomic mass is 35.5. The number of nitrogens with one attached hydrogen (secondary N) is 2. The van der Waals surface area contributed by atoms with E-state index in [9.17, 15) is 9.59 Å². The average molecular weight is 455 g/mol. The van der Waals surface area contributed by atoms with Crippen LogP contribution >= 0.6 is 11.6 Å². The van der Waals surface area contributed by atoms with Gasteiger partial charge in [0.1, 0.15) is 6.04 Å². The van der Waals surface area contributed by atoms with Crippen LogP contribution in [-0.2, 0) is 20.7 Å². The van der Waals surface area contributed by atoms with E-state index in [1.54, 1.807) is 0 Å². The molecule has 32 heavy (non-hydrogen) atoms. The van der Waals surface area contributed by atoms with E-state index < -0.39 is 12.0 Å². The summed E-state index contributed by atoms with van der Waals surface area (Å²) in [6.45, 7) is 3.37. The molecular weight excluding hydrogens is 428 g/mol. The maximum Gasteiger partial charge on any atom is 0.328 e. The lowest BCUT2D eigenvalue weighted by atomic mass is 10.0. The fraction of sp³-hybridized carbons (Fsp3) is 0.333. The summed E-state index contributed by atoms with van der Waals surface area (Å²) < 4.78 is 4.94. The van der Waals surface area contributed by atoms with E-state index in [0.29, 0.717) is 11.4 Å². The number of benzene rings is 2. The number of halogens is 1. The van der Waals surface area contributed by atoms with E-state index in [-0.39, 0.29) is 12.5 Å². The molecule has 1 fully saturated rings. The van der Waals surface area contributed by atoms with Crippen LogP contribution in [0.1, 0.15) is 5.56 Å². The summed E-state index contributed by atoms with van der Waals surface area (Å²) in [7, 11) is 1.34. The van der Waals surface area contributed by atoms with Crippen LogP contribution in [-0.4, -0.2) is 67.6 Å². The molecule has 168 valence electrons. The molecule has 3 aromatic rings. The van der Waals surface area contributed by atoms with Crippen LogP contribution in [0.25, 0.3) is 10.9 Å². The summed E-state index contributed by atoms with van der Waals surface area (Å²) in [5.74, 6) is -0.633. The number of piperazine rings is 1. The number of hydrogen-bond acceptors (Lipinski definition) is 5. The van der Waals surface area contributed by atoms with E-state index in [4.69, 9.17) is 16.3 Å². The molecule has 0 saturated carbocycles. The van der Waals surface area contributed by atoms with Gasteiger partial charge in [-0.1, -0.05) is 35.9 Å². The van der Waals surface area contributed by atoms with Gasteiger partial charge in [-0.25, -0.2) is 4.79 Å². The van der Waals surface area contributed by atoms with Gasteiger partial charge in [0.05, 0.1) is 13.7 Å². The summed E-state index contributed by atoms with van der Waals surface area (Å²) in [5, 5.41) is 4.62.